The predicted molar refractivity (Wildman–Crippen MR) is 82.7 cm³/mol. The number of rotatable bonds is 5. The normalized spacial score (nSPS) is 27.9. The molecular formula is C16H31N3O. The summed E-state index contributed by atoms with van der Waals surface area (Å²) in [6.07, 6.45) is 5.03. The Balaban J connectivity index is 1.77. The van der Waals surface area contributed by atoms with Crippen molar-refractivity contribution in [3.8, 4) is 0 Å². The highest BCUT2D eigenvalue weighted by atomic mass is 16.2. The van der Waals surface area contributed by atoms with Gasteiger partial charge in [0.1, 0.15) is 0 Å². The Morgan fingerprint density at radius 3 is 2.85 bits per heavy atom. The lowest BCUT2D eigenvalue weighted by Crippen LogP contribution is -2.46. The maximum atomic E-state index is 12.4. The van der Waals surface area contributed by atoms with Crippen LogP contribution in [0.1, 0.15) is 39.5 Å². The molecule has 0 saturated carbocycles. The van der Waals surface area contributed by atoms with E-state index in [-0.39, 0.29) is 0 Å². The highest BCUT2D eigenvalue weighted by Gasteiger charge is 2.23. The molecule has 2 aliphatic heterocycles. The Morgan fingerprint density at radius 2 is 2.20 bits per heavy atom. The first-order valence-corrected chi connectivity index (χ1v) is 8.40. The lowest BCUT2D eigenvalue weighted by Gasteiger charge is -2.34. The molecule has 0 aromatic rings. The summed E-state index contributed by atoms with van der Waals surface area (Å²) in [5, 5.41) is 3.46. The van der Waals surface area contributed by atoms with Gasteiger partial charge in [-0.3, -0.25) is 9.69 Å². The third-order valence-corrected chi connectivity index (χ3v) is 4.73. The van der Waals surface area contributed by atoms with Crippen LogP contribution in [0.25, 0.3) is 0 Å². The third kappa shape index (κ3) is 4.74. The largest absolute Gasteiger partial charge is 0.341 e. The lowest BCUT2D eigenvalue weighted by molar-refractivity contribution is -0.134. The molecule has 4 heteroatoms. The molecule has 1 N–H and O–H groups in total. The molecule has 2 saturated heterocycles. The van der Waals surface area contributed by atoms with Crippen LogP contribution in [0, 0.1) is 11.8 Å². The van der Waals surface area contributed by atoms with E-state index in [9.17, 15) is 4.79 Å². The summed E-state index contributed by atoms with van der Waals surface area (Å²) in [4.78, 5) is 16.8. The van der Waals surface area contributed by atoms with Gasteiger partial charge in [-0.25, -0.2) is 0 Å². The van der Waals surface area contributed by atoms with Crippen LogP contribution >= 0.6 is 0 Å². The minimum Gasteiger partial charge on any atom is -0.341 e. The van der Waals surface area contributed by atoms with E-state index in [0.717, 1.165) is 45.2 Å². The molecular weight excluding hydrogens is 250 g/mol. The van der Waals surface area contributed by atoms with Gasteiger partial charge in [-0.2, -0.15) is 0 Å². The molecule has 0 radical (unpaired) electrons. The van der Waals surface area contributed by atoms with Gasteiger partial charge < -0.3 is 10.2 Å². The van der Waals surface area contributed by atoms with Crippen molar-refractivity contribution in [2.45, 2.75) is 39.5 Å². The third-order valence-electron chi connectivity index (χ3n) is 4.73. The Hall–Kier alpha value is -0.610. The van der Waals surface area contributed by atoms with Gasteiger partial charge in [0.25, 0.3) is 0 Å². The molecule has 4 nitrogen and oxygen atoms in total. The summed E-state index contributed by atoms with van der Waals surface area (Å²) in [7, 11) is 0. The van der Waals surface area contributed by atoms with Gasteiger partial charge in [0.15, 0.2) is 0 Å². The summed E-state index contributed by atoms with van der Waals surface area (Å²) in [5.41, 5.74) is 0. The zero-order chi connectivity index (χ0) is 14.4. The van der Waals surface area contributed by atoms with Gasteiger partial charge in [0.05, 0.1) is 6.54 Å². The molecule has 2 rings (SSSR count). The van der Waals surface area contributed by atoms with E-state index in [1.54, 1.807) is 0 Å². The van der Waals surface area contributed by atoms with Gasteiger partial charge in [-0.15, -0.1) is 0 Å². The van der Waals surface area contributed by atoms with Crippen molar-refractivity contribution in [2.75, 3.05) is 45.8 Å². The fourth-order valence-electron chi connectivity index (χ4n) is 3.46. The molecule has 1 amide bonds. The van der Waals surface area contributed by atoms with Gasteiger partial charge in [-0.1, -0.05) is 13.8 Å². The molecule has 2 atom stereocenters. The molecule has 2 fully saturated rings. The Bertz CT molecular complexity index is 302. The molecule has 116 valence electrons. The second-order valence-corrected chi connectivity index (χ2v) is 6.63. The molecule has 0 aromatic carbocycles. The number of hydrogen-bond donors (Lipinski definition) is 1. The van der Waals surface area contributed by atoms with Gasteiger partial charge in [0, 0.05) is 19.6 Å². The highest BCUT2D eigenvalue weighted by molar-refractivity contribution is 5.78. The fourth-order valence-corrected chi connectivity index (χ4v) is 3.46. The maximum absolute atomic E-state index is 12.4. The molecule has 0 aromatic heterocycles. The standard InChI is InChI=1S/C16H31N3O/c1-3-18(12-15-7-4-8-17-10-15)13-16(20)19-9-5-6-14(2)11-19/h14-15,17H,3-13H2,1-2H3. The van der Waals surface area contributed by atoms with Crippen LogP contribution in [0.2, 0.25) is 0 Å². The Morgan fingerprint density at radius 1 is 1.35 bits per heavy atom. The average molecular weight is 281 g/mol. The van der Waals surface area contributed by atoms with E-state index < -0.39 is 0 Å². The molecule has 0 bridgehead atoms. The lowest BCUT2D eigenvalue weighted by atomic mass is 9.98. The second kappa shape index (κ2) is 7.99. The molecule has 2 unspecified atom stereocenters. The highest BCUT2D eigenvalue weighted by Crippen LogP contribution is 2.16. The summed E-state index contributed by atoms with van der Waals surface area (Å²) in [5.74, 6) is 1.73. The second-order valence-electron chi connectivity index (χ2n) is 6.63. The maximum Gasteiger partial charge on any atom is 0.236 e. The number of amides is 1. The fraction of sp³-hybridized carbons (Fsp3) is 0.938. The number of hydrogen-bond acceptors (Lipinski definition) is 3. The van der Waals surface area contributed by atoms with Gasteiger partial charge >= 0.3 is 0 Å². The van der Waals surface area contributed by atoms with Crippen molar-refractivity contribution in [1.82, 2.24) is 15.1 Å². The number of piperidine rings is 2. The molecule has 2 heterocycles. The zero-order valence-electron chi connectivity index (χ0n) is 13.2. The van der Waals surface area contributed by atoms with Gasteiger partial charge in [-0.05, 0) is 57.2 Å². The van der Waals surface area contributed by atoms with Crippen molar-refractivity contribution in [1.29, 1.82) is 0 Å². The van der Waals surface area contributed by atoms with E-state index in [4.69, 9.17) is 0 Å². The number of nitrogens with zero attached hydrogens (tertiary/aromatic N) is 2. The SMILES string of the molecule is CCN(CC(=O)N1CCCC(C)C1)CC1CCCNC1. The molecule has 20 heavy (non-hydrogen) atoms. The van der Waals surface area contributed by atoms with E-state index >= 15 is 0 Å². The molecule has 2 aliphatic rings. The zero-order valence-corrected chi connectivity index (χ0v) is 13.2. The smallest absolute Gasteiger partial charge is 0.236 e. The summed E-state index contributed by atoms with van der Waals surface area (Å²) in [6.45, 7) is 11.3. The first-order chi connectivity index (χ1) is 9.69. The van der Waals surface area contributed by atoms with Crippen molar-refractivity contribution in [3.05, 3.63) is 0 Å². The first-order valence-electron chi connectivity index (χ1n) is 8.40. The van der Waals surface area contributed by atoms with E-state index in [1.807, 2.05) is 0 Å². The van der Waals surface area contributed by atoms with E-state index in [1.165, 1.54) is 25.7 Å². The topological polar surface area (TPSA) is 35.6 Å². The van der Waals surface area contributed by atoms with Crippen LogP contribution in [0.15, 0.2) is 0 Å². The minimum absolute atomic E-state index is 0.335. The molecule has 0 spiro atoms. The van der Waals surface area contributed by atoms with Gasteiger partial charge in [0.2, 0.25) is 5.91 Å². The predicted octanol–water partition coefficient (Wildman–Crippen LogP) is 1.57. The molecule has 0 aliphatic carbocycles. The Kier molecular flexibility index (Phi) is 6.30. The van der Waals surface area contributed by atoms with Crippen LogP contribution in [-0.4, -0.2) is 61.5 Å². The Labute approximate surface area is 123 Å². The van der Waals surface area contributed by atoms with Crippen LogP contribution in [-0.2, 0) is 4.79 Å². The van der Waals surface area contributed by atoms with Crippen LogP contribution in [0.3, 0.4) is 0 Å². The van der Waals surface area contributed by atoms with Crippen molar-refractivity contribution in [2.24, 2.45) is 11.8 Å². The van der Waals surface area contributed by atoms with Crippen molar-refractivity contribution < 1.29 is 4.79 Å². The average Bonchev–Trinajstić information content (AvgIpc) is 2.47. The van der Waals surface area contributed by atoms with Crippen LogP contribution in [0.4, 0.5) is 0 Å². The van der Waals surface area contributed by atoms with Crippen LogP contribution in [0.5, 0.6) is 0 Å². The van der Waals surface area contributed by atoms with Crippen LogP contribution < -0.4 is 5.32 Å². The number of likely N-dealkylation sites (N-methyl/N-ethyl adjacent to an activating group) is 1. The number of carbonyl (C=O) groups excluding carboxylic acids is 1. The van der Waals surface area contributed by atoms with E-state index in [2.05, 4.69) is 29.0 Å². The van der Waals surface area contributed by atoms with Crippen molar-refractivity contribution >= 4 is 5.91 Å². The summed E-state index contributed by atoms with van der Waals surface area (Å²) < 4.78 is 0. The summed E-state index contributed by atoms with van der Waals surface area (Å²) in [6, 6.07) is 0. The number of nitrogens with one attached hydrogen (secondary N) is 1. The number of likely N-dealkylation sites (tertiary alicyclic amines) is 1. The quantitative estimate of drug-likeness (QED) is 0.831. The summed E-state index contributed by atoms with van der Waals surface area (Å²) >= 11 is 0. The first kappa shape index (κ1) is 15.8. The number of carbonyl (C=O) groups is 1. The minimum atomic E-state index is 0.335. The van der Waals surface area contributed by atoms with E-state index in [0.29, 0.717) is 18.4 Å². The van der Waals surface area contributed by atoms with Crippen molar-refractivity contribution in [3.63, 3.8) is 0 Å². The monoisotopic (exact) mass is 281 g/mol.